The molecule has 1 N–H and O–H groups in total. The van der Waals surface area contributed by atoms with Gasteiger partial charge in [0.25, 0.3) is 5.91 Å². The molecule has 2 rings (SSSR count). The molecule has 1 aromatic carbocycles. The van der Waals surface area contributed by atoms with Gasteiger partial charge in [-0.15, -0.1) is 0 Å². The van der Waals surface area contributed by atoms with Crippen molar-refractivity contribution >= 4 is 21.6 Å². The highest BCUT2D eigenvalue weighted by atomic mass is 32.2. The third-order valence-corrected chi connectivity index (χ3v) is 5.88. The summed E-state index contributed by atoms with van der Waals surface area (Å²) in [5.41, 5.74) is 1.57. The van der Waals surface area contributed by atoms with Crippen LogP contribution in [0.2, 0.25) is 0 Å². The summed E-state index contributed by atoms with van der Waals surface area (Å²) in [6.07, 6.45) is 0. The van der Waals surface area contributed by atoms with Gasteiger partial charge in [0, 0.05) is 25.3 Å². The molecule has 0 unspecified atom stereocenters. The van der Waals surface area contributed by atoms with Gasteiger partial charge < -0.3 is 14.5 Å². The van der Waals surface area contributed by atoms with Crippen molar-refractivity contribution in [1.82, 2.24) is 4.31 Å². The van der Waals surface area contributed by atoms with Crippen LogP contribution in [0.3, 0.4) is 0 Å². The molecular weight excluding hydrogens is 356 g/mol. The minimum absolute atomic E-state index is 0.000956. The number of ether oxygens (including phenoxy) is 1. The normalized spacial score (nSPS) is 11.7. The number of sulfonamides is 1. The minimum atomic E-state index is -3.73. The number of nitrogens with one attached hydrogen (secondary N) is 1. The maximum atomic E-state index is 12.6. The molecule has 1 aromatic heterocycles. The number of aryl methyl sites for hydroxylation is 2. The Hall–Kier alpha value is -2.32. The number of carbonyl (C=O) groups excluding carboxylic acids is 1. The predicted molar refractivity (Wildman–Crippen MR) is 99.4 cm³/mol. The highest BCUT2D eigenvalue weighted by molar-refractivity contribution is 7.89. The number of furan rings is 1. The average Bonchev–Trinajstić information content (AvgIpc) is 2.81. The molecular formula is C18H24N2O5S. The molecule has 0 aliphatic rings. The highest BCUT2D eigenvalue weighted by Gasteiger charge is 2.24. The summed E-state index contributed by atoms with van der Waals surface area (Å²) in [7, 11) is -0.843. The van der Waals surface area contributed by atoms with E-state index in [2.05, 4.69) is 5.32 Å². The average molecular weight is 380 g/mol. The van der Waals surface area contributed by atoms with Gasteiger partial charge in [-0.1, -0.05) is 0 Å². The third-order valence-electron chi connectivity index (χ3n) is 4.05. The molecule has 0 aliphatic heterocycles. The summed E-state index contributed by atoms with van der Waals surface area (Å²) >= 11 is 0. The van der Waals surface area contributed by atoms with E-state index in [-0.39, 0.29) is 16.6 Å². The maximum Gasteiger partial charge on any atom is 0.259 e. The van der Waals surface area contributed by atoms with Gasteiger partial charge in [0.05, 0.1) is 12.2 Å². The number of anilines is 1. The summed E-state index contributed by atoms with van der Waals surface area (Å²) in [5.74, 6) is 1.08. The van der Waals surface area contributed by atoms with Gasteiger partial charge in [0.1, 0.15) is 22.2 Å². The van der Waals surface area contributed by atoms with Crippen molar-refractivity contribution in [2.75, 3.05) is 26.0 Å². The lowest BCUT2D eigenvalue weighted by atomic mass is 10.1. The number of hydrogen-bond donors (Lipinski definition) is 1. The van der Waals surface area contributed by atoms with Gasteiger partial charge in [-0.25, -0.2) is 12.7 Å². The zero-order chi connectivity index (χ0) is 19.6. The van der Waals surface area contributed by atoms with Crippen molar-refractivity contribution in [3.05, 3.63) is 40.8 Å². The topological polar surface area (TPSA) is 88.8 Å². The van der Waals surface area contributed by atoms with Crippen molar-refractivity contribution < 1.29 is 22.4 Å². The highest BCUT2D eigenvalue weighted by Crippen LogP contribution is 2.30. The first kappa shape index (κ1) is 20.0. The van der Waals surface area contributed by atoms with E-state index in [1.165, 1.54) is 26.2 Å². The van der Waals surface area contributed by atoms with Gasteiger partial charge in [-0.2, -0.15) is 0 Å². The first-order valence-corrected chi connectivity index (χ1v) is 9.60. The molecule has 0 bridgehead atoms. The number of hydrogen-bond acceptors (Lipinski definition) is 5. The molecule has 1 amide bonds. The molecule has 0 aliphatic carbocycles. The molecule has 7 nitrogen and oxygen atoms in total. The quantitative estimate of drug-likeness (QED) is 0.832. The molecule has 0 saturated carbocycles. The number of nitrogens with zero attached hydrogens (tertiary/aromatic N) is 1. The van der Waals surface area contributed by atoms with Crippen molar-refractivity contribution in [2.45, 2.75) is 32.6 Å². The first-order valence-electron chi connectivity index (χ1n) is 8.16. The van der Waals surface area contributed by atoms with Crippen LogP contribution >= 0.6 is 0 Å². The largest absolute Gasteiger partial charge is 0.492 e. The standard InChI is InChI=1S/C18H24N2O5S/c1-7-24-15-9-8-14(10-16(15)26(22,23)20(5)6)19-18(21)17-11(2)12(3)25-13(17)4/h8-10H,7H2,1-6H3,(H,19,21). The Bertz CT molecular complexity index is 929. The van der Waals surface area contributed by atoms with Gasteiger partial charge in [-0.05, 0) is 45.9 Å². The lowest BCUT2D eigenvalue weighted by molar-refractivity contribution is 0.102. The number of carbonyl (C=O) groups is 1. The smallest absolute Gasteiger partial charge is 0.259 e. The van der Waals surface area contributed by atoms with Crippen molar-refractivity contribution in [3.63, 3.8) is 0 Å². The Morgan fingerprint density at radius 2 is 1.85 bits per heavy atom. The van der Waals surface area contributed by atoms with Crippen LogP contribution in [0.5, 0.6) is 5.75 Å². The van der Waals surface area contributed by atoms with Crippen molar-refractivity contribution in [3.8, 4) is 5.75 Å². The van der Waals surface area contributed by atoms with Crippen LogP contribution in [-0.2, 0) is 10.0 Å². The Morgan fingerprint density at radius 1 is 1.19 bits per heavy atom. The molecule has 8 heteroatoms. The van der Waals surface area contributed by atoms with Gasteiger partial charge >= 0.3 is 0 Å². The van der Waals surface area contributed by atoms with Crippen LogP contribution in [0, 0.1) is 20.8 Å². The summed E-state index contributed by atoms with van der Waals surface area (Å²) in [6, 6.07) is 4.54. The first-order chi connectivity index (χ1) is 12.1. The van der Waals surface area contributed by atoms with Crippen molar-refractivity contribution in [2.24, 2.45) is 0 Å². The Morgan fingerprint density at radius 3 is 2.35 bits per heavy atom. The zero-order valence-corrected chi connectivity index (χ0v) is 16.7. The van der Waals surface area contributed by atoms with Crippen LogP contribution in [0.15, 0.2) is 27.5 Å². The lowest BCUT2D eigenvalue weighted by Gasteiger charge is -2.16. The van der Waals surface area contributed by atoms with Crippen LogP contribution < -0.4 is 10.1 Å². The SMILES string of the molecule is CCOc1ccc(NC(=O)c2c(C)oc(C)c2C)cc1S(=O)(=O)N(C)C. The van der Waals surface area contributed by atoms with Crippen LogP contribution in [-0.4, -0.2) is 39.3 Å². The van der Waals surface area contributed by atoms with E-state index < -0.39 is 10.0 Å². The Kier molecular flexibility index (Phi) is 5.77. The zero-order valence-electron chi connectivity index (χ0n) is 15.8. The molecule has 0 spiro atoms. The van der Waals surface area contributed by atoms with Crippen LogP contribution in [0.1, 0.15) is 34.4 Å². The monoisotopic (exact) mass is 380 g/mol. The second-order valence-corrected chi connectivity index (χ2v) is 8.17. The van der Waals surface area contributed by atoms with Gasteiger partial charge in [0.15, 0.2) is 0 Å². The van der Waals surface area contributed by atoms with E-state index in [1.54, 1.807) is 33.8 Å². The van der Waals surface area contributed by atoms with Crippen molar-refractivity contribution in [1.29, 1.82) is 0 Å². The molecule has 0 fully saturated rings. The number of amides is 1. The Balaban J connectivity index is 2.44. The fraction of sp³-hybridized carbons (Fsp3) is 0.389. The van der Waals surface area contributed by atoms with Gasteiger partial charge in [-0.3, -0.25) is 4.79 Å². The van der Waals surface area contributed by atoms with E-state index in [9.17, 15) is 13.2 Å². The molecule has 142 valence electrons. The Labute approximate surface area is 154 Å². The summed E-state index contributed by atoms with van der Waals surface area (Å²) in [6.45, 7) is 7.41. The second kappa shape index (κ2) is 7.51. The van der Waals surface area contributed by atoms with E-state index >= 15 is 0 Å². The fourth-order valence-corrected chi connectivity index (χ4v) is 3.63. The van der Waals surface area contributed by atoms with E-state index in [1.807, 2.05) is 0 Å². The van der Waals surface area contributed by atoms with Crippen LogP contribution in [0.4, 0.5) is 5.69 Å². The number of benzene rings is 1. The summed E-state index contributed by atoms with van der Waals surface area (Å²) in [5, 5.41) is 2.74. The summed E-state index contributed by atoms with van der Waals surface area (Å²) < 4.78 is 37.1. The molecule has 2 aromatic rings. The molecule has 0 radical (unpaired) electrons. The van der Waals surface area contributed by atoms with E-state index in [0.29, 0.717) is 29.4 Å². The lowest BCUT2D eigenvalue weighted by Crippen LogP contribution is -2.23. The van der Waals surface area contributed by atoms with E-state index in [0.717, 1.165) is 9.87 Å². The molecule has 26 heavy (non-hydrogen) atoms. The fourth-order valence-electron chi connectivity index (χ4n) is 2.58. The molecule has 0 saturated heterocycles. The maximum absolute atomic E-state index is 12.6. The van der Waals surface area contributed by atoms with Gasteiger partial charge in [0.2, 0.25) is 10.0 Å². The number of rotatable bonds is 6. The predicted octanol–water partition coefficient (Wildman–Crippen LogP) is 3.11. The summed E-state index contributed by atoms with van der Waals surface area (Å²) in [4.78, 5) is 12.6. The third kappa shape index (κ3) is 3.76. The molecule has 0 atom stereocenters. The van der Waals surface area contributed by atoms with Crippen LogP contribution in [0.25, 0.3) is 0 Å². The minimum Gasteiger partial charge on any atom is -0.492 e. The molecule has 1 heterocycles. The second-order valence-electron chi connectivity index (χ2n) is 6.05. The van der Waals surface area contributed by atoms with E-state index in [4.69, 9.17) is 9.15 Å².